The number of hydrogen-bond donors (Lipinski definition) is 4. The zero-order chi connectivity index (χ0) is 16.1. The SMILES string of the molecule is CC12C[NH+]3CC(C[NH+](C3)C1)/C2=N/N=C1\C2C[NH+]3C[NH+](C2)CC1(C)C3. The molecule has 8 heterocycles. The first-order valence-corrected chi connectivity index (χ1v) is 10.0. The van der Waals surface area contributed by atoms with Crippen molar-refractivity contribution in [1.82, 2.24) is 0 Å². The van der Waals surface area contributed by atoms with Gasteiger partial charge in [0, 0.05) is 0 Å². The minimum absolute atomic E-state index is 0.310. The number of hydrogen-bond acceptors (Lipinski definition) is 2. The Hall–Kier alpha value is -0.820. The van der Waals surface area contributed by atoms with Crippen LogP contribution in [0.4, 0.5) is 0 Å². The summed E-state index contributed by atoms with van der Waals surface area (Å²) in [6.45, 7) is 18.0. The Morgan fingerprint density at radius 2 is 1.00 bits per heavy atom. The minimum Gasteiger partial charge on any atom is -0.287 e. The first kappa shape index (κ1) is 14.4. The topological polar surface area (TPSA) is 42.5 Å². The highest BCUT2D eigenvalue weighted by Crippen LogP contribution is 2.30. The van der Waals surface area contributed by atoms with Gasteiger partial charge >= 0.3 is 0 Å². The highest BCUT2D eigenvalue weighted by atomic mass is 15.4. The van der Waals surface area contributed by atoms with Gasteiger partial charge in [-0.2, -0.15) is 10.2 Å². The second-order valence-electron chi connectivity index (χ2n) is 10.4. The van der Waals surface area contributed by atoms with E-state index >= 15 is 0 Å². The molecule has 0 aromatic carbocycles. The Labute approximate surface area is 144 Å². The lowest BCUT2D eigenvalue weighted by atomic mass is 9.69. The Kier molecular flexibility index (Phi) is 2.67. The van der Waals surface area contributed by atoms with Crippen molar-refractivity contribution < 1.29 is 19.6 Å². The zero-order valence-corrected chi connectivity index (χ0v) is 15.1. The number of rotatable bonds is 1. The summed E-state index contributed by atoms with van der Waals surface area (Å²) in [6.07, 6.45) is 0. The summed E-state index contributed by atoms with van der Waals surface area (Å²) in [5.41, 5.74) is 3.54. The van der Waals surface area contributed by atoms with Gasteiger partial charge in [-0.25, -0.2) is 0 Å². The molecule has 0 aromatic heterocycles. The van der Waals surface area contributed by atoms with E-state index in [1.54, 1.807) is 19.6 Å². The molecule has 4 atom stereocenters. The van der Waals surface area contributed by atoms with Crippen molar-refractivity contribution in [3.63, 3.8) is 0 Å². The highest BCUT2D eigenvalue weighted by Gasteiger charge is 2.59. The maximum atomic E-state index is 5.05. The summed E-state index contributed by atoms with van der Waals surface area (Å²) < 4.78 is 0. The standard InChI is InChI=1S/C18H28N6/c1-17-7-21-3-13(4-22(8-17)11-21)15(17)19-20-16-14-5-23-9-18(16,2)10-24(6-14)12-23/h13-14H,3-12H2,1-2H3/p+4/b19-15-,20-16+. The molecule has 8 fully saturated rings. The van der Waals surface area contributed by atoms with E-state index in [2.05, 4.69) is 13.8 Å². The second-order valence-corrected chi connectivity index (χ2v) is 10.4. The van der Waals surface area contributed by atoms with Crippen molar-refractivity contribution in [2.24, 2.45) is 32.9 Å². The Morgan fingerprint density at radius 1 is 0.667 bits per heavy atom. The van der Waals surface area contributed by atoms with Crippen molar-refractivity contribution in [3.8, 4) is 0 Å². The third-order valence-electron chi connectivity index (χ3n) is 7.98. The predicted molar refractivity (Wildman–Crippen MR) is 90.6 cm³/mol. The third-order valence-corrected chi connectivity index (χ3v) is 7.98. The van der Waals surface area contributed by atoms with Gasteiger partial charge in [0.2, 0.25) is 13.3 Å². The van der Waals surface area contributed by atoms with Gasteiger partial charge in [-0.15, -0.1) is 0 Å². The smallest absolute Gasteiger partial charge is 0.204 e. The fraction of sp³-hybridized carbons (Fsp3) is 0.889. The minimum atomic E-state index is 0.310. The maximum absolute atomic E-state index is 5.05. The van der Waals surface area contributed by atoms with Crippen molar-refractivity contribution in [3.05, 3.63) is 0 Å². The molecule has 8 saturated heterocycles. The van der Waals surface area contributed by atoms with Gasteiger partial charge in [-0.3, -0.25) is 19.6 Å². The molecule has 0 amide bonds. The number of nitrogens with zero attached hydrogens (tertiary/aromatic N) is 2. The number of nitrogens with one attached hydrogen (secondary N) is 4. The van der Waals surface area contributed by atoms with Gasteiger partial charge in [0.15, 0.2) is 0 Å². The monoisotopic (exact) mass is 332 g/mol. The third kappa shape index (κ3) is 1.86. The van der Waals surface area contributed by atoms with E-state index in [1.807, 2.05) is 0 Å². The van der Waals surface area contributed by atoms with Crippen LogP contribution in [0.5, 0.6) is 0 Å². The van der Waals surface area contributed by atoms with Gasteiger partial charge in [0.05, 0.1) is 75.6 Å². The van der Waals surface area contributed by atoms with Crippen LogP contribution in [0.2, 0.25) is 0 Å². The first-order valence-electron chi connectivity index (χ1n) is 10.0. The molecule has 8 rings (SSSR count). The lowest BCUT2D eigenvalue weighted by Crippen LogP contribution is -3.40. The Balaban J connectivity index is 1.36. The van der Waals surface area contributed by atoms with Crippen LogP contribution >= 0.6 is 0 Å². The molecule has 8 bridgehead atoms. The normalized spacial score (nSPS) is 60.6. The maximum Gasteiger partial charge on any atom is 0.204 e. The van der Waals surface area contributed by atoms with Crippen LogP contribution in [-0.2, 0) is 0 Å². The molecule has 0 saturated carbocycles. The fourth-order valence-corrected chi connectivity index (χ4v) is 7.65. The van der Waals surface area contributed by atoms with E-state index in [0.717, 1.165) is 0 Å². The quantitative estimate of drug-likeness (QED) is 0.347. The van der Waals surface area contributed by atoms with Gasteiger partial charge in [0.25, 0.3) is 0 Å². The summed E-state index contributed by atoms with van der Waals surface area (Å²) in [5.74, 6) is 1.38. The van der Waals surface area contributed by atoms with Crippen LogP contribution in [0.25, 0.3) is 0 Å². The first-order chi connectivity index (χ1) is 11.5. The molecule has 4 unspecified atom stereocenters. The Morgan fingerprint density at radius 3 is 1.29 bits per heavy atom. The molecule has 0 aliphatic carbocycles. The lowest BCUT2D eigenvalue weighted by Gasteiger charge is -2.53. The highest BCUT2D eigenvalue weighted by molar-refractivity contribution is 5.96. The van der Waals surface area contributed by atoms with Crippen LogP contribution in [0, 0.1) is 22.7 Å². The van der Waals surface area contributed by atoms with Gasteiger partial charge in [-0.05, 0) is 13.8 Å². The molecular weight excluding hydrogens is 300 g/mol. The molecule has 6 heteroatoms. The van der Waals surface area contributed by atoms with Crippen molar-refractivity contribution in [2.75, 3.05) is 65.7 Å². The summed E-state index contributed by atoms with van der Waals surface area (Å²) >= 11 is 0. The predicted octanol–water partition coefficient (Wildman–Crippen LogP) is -5.44. The van der Waals surface area contributed by atoms with Crippen molar-refractivity contribution in [1.29, 1.82) is 0 Å². The van der Waals surface area contributed by atoms with Gasteiger partial charge in [0.1, 0.15) is 10.8 Å². The molecule has 6 nitrogen and oxygen atoms in total. The zero-order valence-electron chi connectivity index (χ0n) is 15.1. The van der Waals surface area contributed by atoms with E-state index in [9.17, 15) is 0 Å². The summed E-state index contributed by atoms with van der Waals surface area (Å²) in [7, 11) is 0. The van der Waals surface area contributed by atoms with E-state index in [4.69, 9.17) is 10.2 Å². The number of quaternary nitrogens is 4. The largest absolute Gasteiger partial charge is 0.287 e. The van der Waals surface area contributed by atoms with Gasteiger partial charge < -0.3 is 0 Å². The molecule has 0 radical (unpaired) electrons. The fourth-order valence-electron chi connectivity index (χ4n) is 7.65. The average Bonchev–Trinajstić information content (AvgIpc) is 2.46. The lowest BCUT2D eigenvalue weighted by molar-refractivity contribution is -1.13. The van der Waals surface area contributed by atoms with Crippen LogP contribution in [-0.4, -0.2) is 77.1 Å². The van der Waals surface area contributed by atoms with E-state index in [0.29, 0.717) is 22.7 Å². The van der Waals surface area contributed by atoms with Crippen LogP contribution < -0.4 is 19.6 Å². The summed E-state index contributed by atoms with van der Waals surface area (Å²) in [4.78, 5) is 7.21. The molecule has 8 aliphatic heterocycles. The van der Waals surface area contributed by atoms with E-state index in [-0.39, 0.29) is 0 Å². The van der Waals surface area contributed by atoms with Crippen LogP contribution in [0.3, 0.4) is 0 Å². The molecule has 8 aliphatic rings. The van der Waals surface area contributed by atoms with Crippen molar-refractivity contribution in [2.45, 2.75) is 13.8 Å². The molecule has 24 heavy (non-hydrogen) atoms. The van der Waals surface area contributed by atoms with Gasteiger partial charge in [-0.1, -0.05) is 0 Å². The average molecular weight is 332 g/mol. The van der Waals surface area contributed by atoms with Crippen LogP contribution in [0.1, 0.15) is 13.8 Å². The molecule has 0 spiro atoms. The summed E-state index contributed by atoms with van der Waals surface area (Å²) in [6, 6.07) is 0. The van der Waals surface area contributed by atoms with Crippen molar-refractivity contribution >= 4 is 11.4 Å². The molecule has 130 valence electrons. The summed E-state index contributed by atoms with van der Waals surface area (Å²) in [5, 5.41) is 10.1. The van der Waals surface area contributed by atoms with E-state index < -0.39 is 0 Å². The second kappa shape index (κ2) is 4.47. The molecule has 0 aromatic rings. The molecular formula is C18H32N6+4. The number of piperidine rings is 4. The van der Waals surface area contributed by atoms with E-state index in [1.165, 1.54) is 77.1 Å². The molecule has 4 N–H and O–H groups in total. The Bertz CT molecular complexity index is 570. The van der Waals surface area contributed by atoms with Crippen LogP contribution in [0.15, 0.2) is 10.2 Å².